The highest BCUT2D eigenvalue weighted by atomic mass is 32.5. The summed E-state index contributed by atoms with van der Waals surface area (Å²) in [6.07, 6.45) is -4.14. The number of rotatable bonds is 4. The molecule has 1 saturated heterocycles. The smallest absolute Gasteiger partial charge is 0.330 e. The van der Waals surface area contributed by atoms with Gasteiger partial charge in [-0.2, -0.15) is 0 Å². The molecule has 1 aliphatic rings. The van der Waals surface area contributed by atoms with E-state index in [1.165, 1.54) is 0 Å². The monoisotopic (exact) mass is 340 g/mol. The maximum absolute atomic E-state index is 11.7. The number of hydrogen-bond acceptors (Lipinski definition) is 7. The number of aliphatic hydroxyl groups excluding tert-OH is 2. The summed E-state index contributed by atoms with van der Waals surface area (Å²) in [5.74, 6) is 0. The van der Waals surface area contributed by atoms with Gasteiger partial charge in [0, 0.05) is 12.3 Å². The second-order valence-corrected chi connectivity index (χ2v) is 6.94. The lowest BCUT2D eigenvalue weighted by molar-refractivity contribution is -0.0546. The van der Waals surface area contributed by atoms with Crippen molar-refractivity contribution < 1.29 is 29.3 Å². The number of nitrogens with one attached hydrogen (secondary N) is 1. The van der Waals surface area contributed by atoms with Crippen molar-refractivity contribution in [2.75, 3.05) is 6.61 Å². The number of H-pyrrole nitrogens is 1. The molecule has 1 unspecified atom stereocenters. The molecular weight excluding hydrogens is 327 g/mol. The zero-order valence-corrected chi connectivity index (χ0v) is 12.1. The van der Waals surface area contributed by atoms with Gasteiger partial charge in [-0.25, -0.2) is 4.79 Å². The van der Waals surface area contributed by atoms with E-state index >= 15 is 0 Å². The van der Waals surface area contributed by atoms with Crippen LogP contribution in [0.5, 0.6) is 0 Å². The largest absolute Gasteiger partial charge is 0.394 e. The Morgan fingerprint density at radius 3 is 2.67 bits per heavy atom. The van der Waals surface area contributed by atoms with E-state index in [1.54, 1.807) is 0 Å². The molecule has 1 aromatic rings. The standard InChI is InChI=1S/C9H13N2O8PS/c12-3-4-7(19-20(16,17)21)6(14)8(18-4)11-2-1-5(13)10-9(11)15/h1-2,4,6-8,12,14H,3H2,(H,10,13,15)(H2,16,17,21)/t4-,6+,7?,8-/m1/s1. The van der Waals surface area contributed by atoms with Crippen LogP contribution in [0.2, 0.25) is 0 Å². The Balaban J connectivity index is 2.33. The van der Waals surface area contributed by atoms with Crippen LogP contribution < -0.4 is 11.2 Å². The molecule has 0 saturated carbocycles. The predicted octanol–water partition coefficient (Wildman–Crippen LogP) is -2.62. The average molecular weight is 340 g/mol. The van der Waals surface area contributed by atoms with Gasteiger partial charge in [-0.3, -0.25) is 18.9 Å². The van der Waals surface area contributed by atoms with Crippen molar-refractivity contribution in [3.63, 3.8) is 0 Å². The molecule has 0 radical (unpaired) electrons. The molecule has 5 N–H and O–H groups in total. The summed E-state index contributed by atoms with van der Waals surface area (Å²) in [5, 5.41) is 19.3. The minimum Gasteiger partial charge on any atom is -0.394 e. The fourth-order valence-corrected chi connectivity index (χ4v) is 2.89. The highest BCUT2D eigenvalue weighted by Crippen LogP contribution is 2.43. The highest BCUT2D eigenvalue weighted by molar-refractivity contribution is 8.06. The first-order chi connectivity index (χ1) is 9.73. The first-order valence-electron chi connectivity index (χ1n) is 5.73. The molecule has 12 heteroatoms. The van der Waals surface area contributed by atoms with Crippen LogP contribution in [0, 0.1) is 0 Å². The van der Waals surface area contributed by atoms with Gasteiger partial charge in [0.15, 0.2) is 6.23 Å². The summed E-state index contributed by atoms with van der Waals surface area (Å²) in [4.78, 5) is 42.9. The van der Waals surface area contributed by atoms with E-state index in [4.69, 9.17) is 19.0 Å². The van der Waals surface area contributed by atoms with E-state index < -0.39 is 49.1 Å². The van der Waals surface area contributed by atoms with Gasteiger partial charge < -0.3 is 24.7 Å². The van der Waals surface area contributed by atoms with Crippen LogP contribution in [0.1, 0.15) is 6.23 Å². The Hall–Kier alpha value is -0.910. The van der Waals surface area contributed by atoms with Gasteiger partial charge >= 0.3 is 12.4 Å². The third kappa shape index (κ3) is 3.65. The maximum atomic E-state index is 11.7. The Morgan fingerprint density at radius 1 is 1.48 bits per heavy atom. The van der Waals surface area contributed by atoms with Gasteiger partial charge in [0.05, 0.1) is 6.61 Å². The zero-order chi connectivity index (χ0) is 15.8. The number of aromatic nitrogens is 2. The van der Waals surface area contributed by atoms with Crippen LogP contribution in [-0.2, 0) is 21.1 Å². The summed E-state index contributed by atoms with van der Waals surface area (Å²) in [6, 6.07) is 1.04. The van der Waals surface area contributed by atoms with E-state index in [1.807, 2.05) is 4.98 Å². The van der Waals surface area contributed by atoms with E-state index in [9.17, 15) is 19.8 Å². The van der Waals surface area contributed by atoms with Crippen molar-refractivity contribution >= 4 is 18.5 Å². The zero-order valence-electron chi connectivity index (χ0n) is 10.4. The molecule has 0 amide bonds. The molecule has 0 bridgehead atoms. The molecule has 1 aromatic heterocycles. The van der Waals surface area contributed by atoms with Gasteiger partial charge in [-0.1, -0.05) is 0 Å². The Kier molecular flexibility index (Phi) is 4.76. The van der Waals surface area contributed by atoms with Gasteiger partial charge in [-0.05, 0) is 11.8 Å². The molecule has 0 aliphatic carbocycles. The molecule has 1 fully saturated rings. The summed E-state index contributed by atoms with van der Waals surface area (Å²) < 4.78 is 10.9. The third-order valence-corrected chi connectivity index (χ3v) is 3.65. The molecule has 2 rings (SSSR count). The molecule has 21 heavy (non-hydrogen) atoms. The highest BCUT2D eigenvalue weighted by Gasteiger charge is 2.47. The van der Waals surface area contributed by atoms with Crippen LogP contribution in [0.4, 0.5) is 0 Å². The Morgan fingerprint density at radius 2 is 2.14 bits per heavy atom. The first kappa shape index (κ1) is 16.5. The van der Waals surface area contributed by atoms with Crippen molar-refractivity contribution in [3.05, 3.63) is 33.1 Å². The second kappa shape index (κ2) is 6.07. The Labute approximate surface area is 122 Å². The number of aromatic amines is 1. The van der Waals surface area contributed by atoms with Crippen molar-refractivity contribution in [1.82, 2.24) is 9.55 Å². The molecule has 4 atom stereocenters. The minimum absolute atomic E-state index is 0.605. The van der Waals surface area contributed by atoms with Crippen molar-refractivity contribution in [2.24, 2.45) is 0 Å². The SMILES string of the molecule is O=c1ccn([C@@H]2O[C@H](CO)C(OP(O)(O)=S)[C@@H]2O)c(=O)[nH]1. The lowest BCUT2D eigenvalue weighted by Crippen LogP contribution is -2.38. The summed E-state index contributed by atoms with van der Waals surface area (Å²) in [6.45, 7) is -4.71. The van der Waals surface area contributed by atoms with E-state index in [0.29, 0.717) is 0 Å². The quantitative estimate of drug-likeness (QED) is 0.371. The number of aliphatic hydroxyl groups is 2. The minimum atomic E-state index is -4.10. The van der Waals surface area contributed by atoms with Crippen LogP contribution in [-0.4, -0.2) is 54.5 Å². The summed E-state index contributed by atoms with van der Waals surface area (Å²) in [7, 11) is 0. The second-order valence-electron chi connectivity index (χ2n) is 4.32. The van der Waals surface area contributed by atoms with Gasteiger partial charge in [0.25, 0.3) is 5.56 Å². The van der Waals surface area contributed by atoms with Gasteiger partial charge in [-0.15, -0.1) is 0 Å². The van der Waals surface area contributed by atoms with Crippen molar-refractivity contribution in [1.29, 1.82) is 0 Å². The van der Waals surface area contributed by atoms with Crippen LogP contribution >= 0.6 is 6.72 Å². The van der Waals surface area contributed by atoms with E-state index in [0.717, 1.165) is 16.8 Å². The van der Waals surface area contributed by atoms with E-state index in [-0.39, 0.29) is 0 Å². The number of hydrogen-bond donors (Lipinski definition) is 5. The van der Waals surface area contributed by atoms with Gasteiger partial charge in [0.1, 0.15) is 18.3 Å². The third-order valence-electron chi connectivity index (χ3n) is 2.87. The lowest BCUT2D eigenvalue weighted by Gasteiger charge is -2.21. The lowest BCUT2D eigenvalue weighted by atomic mass is 10.1. The van der Waals surface area contributed by atoms with Crippen LogP contribution in [0.15, 0.2) is 21.9 Å². The van der Waals surface area contributed by atoms with Crippen molar-refractivity contribution in [3.8, 4) is 0 Å². The summed E-state index contributed by atoms with van der Waals surface area (Å²) in [5.41, 5.74) is -1.47. The Bertz CT molecular complexity index is 668. The molecular formula is C9H13N2O8PS. The number of ether oxygens (including phenoxy) is 1. The normalized spacial score (nSPS) is 29.7. The van der Waals surface area contributed by atoms with Crippen LogP contribution in [0.3, 0.4) is 0 Å². The van der Waals surface area contributed by atoms with Gasteiger partial charge in [0.2, 0.25) is 0 Å². The molecule has 0 spiro atoms. The molecule has 2 heterocycles. The van der Waals surface area contributed by atoms with E-state index in [2.05, 4.69) is 11.8 Å². The average Bonchev–Trinajstić information content (AvgIpc) is 2.65. The maximum Gasteiger partial charge on any atom is 0.330 e. The van der Waals surface area contributed by atoms with Crippen LogP contribution in [0.25, 0.3) is 0 Å². The van der Waals surface area contributed by atoms with Crippen molar-refractivity contribution in [2.45, 2.75) is 24.5 Å². The molecule has 1 aliphatic heterocycles. The molecule has 10 nitrogen and oxygen atoms in total. The number of nitrogens with zero attached hydrogens (tertiary/aromatic N) is 1. The summed E-state index contributed by atoms with van der Waals surface area (Å²) >= 11 is 4.31. The molecule has 0 aromatic carbocycles. The fraction of sp³-hybridized carbons (Fsp3) is 0.556. The topological polar surface area (TPSA) is 154 Å². The molecule has 118 valence electrons. The predicted molar refractivity (Wildman–Crippen MR) is 71.9 cm³/mol. The fourth-order valence-electron chi connectivity index (χ4n) is 2.01. The first-order valence-corrected chi connectivity index (χ1v) is 8.35.